The summed E-state index contributed by atoms with van der Waals surface area (Å²) in [6.07, 6.45) is -1.18. The van der Waals surface area contributed by atoms with Gasteiger partial charge in [0.1, 0.15) is 10.8 Å². The fourth-order valence-corrected chi connectivity index (χ4v) is 2.96. The summed E-state index contributed by atoms with van der Waals surface area (Å²) in [6.45, 7) is 3.28. The van der Waals surface area contributed by atoms with Gasteiger partial charge in [-0.25, -0.2) is 4.98 Å². The molecule has 0 fully saturated rings. The van der Waals surface area contributed by atoms with Crippen molar-refractivity contribution in [3.8, 4) is 5.75 Å². The highest BCUT2D eigenvalue weighted by atomic mass is 127. The molecule has 0 saturated carbocycles. The summed E-state index contributed by atoms with van der Waals surface area (Å²) in [5.74, 6) is 0.428. The van der Waals surface area contributed by atoms with Gasteiger partial charge in [-0.15, -0.1) is 48.5 Å². The molecule has 2 N–H and O–H groups in total. The van der Waals surface area contributed by atoms with Gasteiger partial charge >= 0.3 is 6.36 Å². The van der Waals surface area contributed by atoms with Crippen molar-refractivity contribution < 1.29 is 17.9 Å². The molecule has 0 unspecified atom stereocenters. The Labute approximate surface area is 177 Å². The van der Waals surface area contributed by atoms with E-state index in [0.717, 1.165) is 17.0 Å². The SMILES string of the molecule is CCc1cnc(CNC(=NC)NCCc2ccc(OC(F)(F)F)cc2)s1.I. The molecular formula is C17H22F3IN4OS. The molecule has 0 radical (unpaired) electrons. The third-order valence-corrected chi connectivity index (χ3v) is 4.59. The molecule has 0 bridgehead atoms. The lowest BCUT2D eigenvalue weighted by atomic mass is 10.1. The lowest BCUT2D eigenvalue weighted by Gasteiger charge is -2.11. The van der Waals surface area contributed by atoms with Crippen LogP contribution in [0, 0.1) is 0 Å². The molecular weight excluding hydrogens is 492 g/mol. The van der Waals surface area contributed by atoms with Crippen LogP contribution in [0.4, 0.5) is 13.2 Å². The number of rotatable bonds is 7. The van der Waals surface area contributed by atoms with Gasteiger partial charge in [-0.1, -0.05) is 19.1 Å². The Morgan fingerprint density at radius 3 is 2.48 bits per heavy atom. The molecule has 1 aromatic carbocycles. The molecule has 0 aliphatic carbocycles. The van der Waals surface area contributed by atoms with Crippen LogP contribution in [0.1, 0.15) is 22.4 Å². The maximum Gasteiger partial charge on any atom is 0.573 e. The van der Waals surface area contributed by atoms with Crippen molar-refractivity contribution in [3.63, 3.8) is 0 Å². The molecule has 2 rings (SSSR count). The third kappa shape index (κ3) is 8.78. The number of nitrogens with zero attached hydrogens (tertiary/aromatic N) is 2. The topological polar surface area (TPSA) is 58.5 Å². The molecule has 2 aromatic rings. The number of thiazole rings is 1. The molecule has 0 aliphatic heterocycles. The van der Waals surface area contributed by atoms with Gasteiger partial charge in [0.05, 0.1) is 6.54 Å². The number of aliphatic imine (C=N–C) groups is 1. The predicted molar refractivity (Wildman–Crippen MR) is 112 cm³/mol. The van der Waals surface area contributed by atoms with E-state index in [2.05, 4.69) is 32.3 Å². The largest absolute Gasteiger partial charge is 0.573 e. The molecule has 0 saturated heterocycles. The molecule has 0 aliphatic rings. The number of hydrogen-bond donors (Lipinski definition) is 2. The average Bonchev–Trinajstić information content (AvgIpc) is 3.06. The van der Waals surface area contributed by atoms with E-state index in [1.54, 1.807) is 30.5 Å². The molecule has 5 nitrogen and oxygen atoms in total. The van der Waals surface area contributed by atoms with Crippen LogP contribution < -0.4 is 15.4 Å². The van der Waals surface area contributed by atoms with E-state index in [1.165, 1.54) is 17.0 Å². The van der Waals surface area contributed by atoms with Crippen LogP contribution in [0.5, 0.6) is 5.75 Å². The van der Waals surface area contributed by atoms with Gasteiger partial charge in [0, 0.05) is 24.7 Å². The summed E-state index contributed by atoms with van der Waals surface area (Å²) in [6, 6.07) is 5.84. The number of ether oxygens (including phenoxy) is 1. The number of guanidine groups is 1. The zero-order valence-corrected chi connectivity index (χ0v) is 18.1. The minimum Gasteiger partial charge on any atom is -0.406 e. The second-order valence-electron chi connectivity index (χ2n) is 5.37. The number of alkyl halides is 3. The van der Waals surface area contributed by atoms with Gasteiger partial charge in [-0.2, -0.15) is 0 Å². The maximum atomic E-state index is 12.1. The fourth-order valence-electron chi connectivity index (χ4n) is 2.16. The Morgan fingerprint density at radius 2 is 1.93 bits per heavy atom. The third-order valence-electron chi connectivity index (χ3n) is 3.44. The summed E-state index contributed by atoms with van der Waals surface area (Å²) in [4.78, 5) is 9.72. The fraction of sp³-hybridized carbons (Fsp3) is 0.412. The average molecular weight is 514 g/mol. The molecule has 10 heteroatoms. The Bertz CT molecular complexity index is 720. The maximum absolute atomic E-state index is 12.1. The van der Waals surface area contributed by atoms with Crippen molar-refractivity contribution in [2.45, 2.75) is 32.7 Å². The van der Waals surface area contributed by atoms with Crippen LogP contribution >= 0.6 is 35.3 Å². The van der Waals surface area contributed by atoms with Gasteiger partial charge < -0.3 is 15.4 Å². The molecule has 0 atom stereocenters. The summed E-state index contributed by atoms with van der Waals surface area (Å²) < 4.78 is 40.3. The van der Waals surface area contributed by atoms with Crippen LogP contribution in [0.3, 0.4) is 0 Å². The van der Waals surface area contributed by atoms with Crippen LogP contribution in [-0.4, -0.2) is 30.9 Å². The zero-order valence-electron chi connectivity index (χ0n) is 15.0. The highest BCUT2D eigenvalue weighted by Crippen LogP contribution is 2.22. The molecule has 0 amide bonds. The first-order valence-corrected chi connectivity index (χ1v) is 8.94. The van der Waals surface area contributed by atoms with Crippen molar-refractivity contribution in [2.24, 2.45) is 4.99 Å². The quantitative estimate of drug-likeness (QED) is 0.332. The summed E-state index contributed by atoms with van der Waals surface area (Å²) in [7, 11) is 1.68. The number of benzene rings is 1. The number of hydrogen-bond acceptors (Lipinski definition) is 4. The van der Waals surface area contributed by atoms with E-state index in [0.29, 0.717) is 25.5 Å². The Balaban J connectivity index is 0.00000364. The van der Waals surface area contributed by atoms with Crippen LogP contribution in [-0.2, 0) is 19.4 Å². The number of aromatic nitrogens is 1. The Hall–Kier alpha value is -1.56. The lowest BCUT2D eigenvalue weighted by molar-refractivity contribution is -0.274. The van der Waals surface area contributed by atoms with Crippen molar-refractivity contribution in [2.75, 3.05) is 13.6 Å². The lowest BCUT2D eigenvalue weighted by Crippen LogP contribution is -2.37. The molecule has 1 heterocycles. The molecule has 0 spiro atoms. The summed E-state index contributed by atoms with van der Waals surface area (Å²) in [5.41, 5.74) is 0.898. The molecule has 27 heavy (non-hydrogen) atoms. The normalized spacial score (nSPS) is 11.7. The van der Waals surface area contributed by atoms with Gasteiger partial charge in [-0.3, -0.25) is 4.99 Å². The van der Waals surface area contributed by atoms with Crippen molar-refractivity contribution >= 4 is 41.3 Å². The summed E-state index contributed by atoms with van der Waals surface area (Å²) in [5, 5.41) is 7.34. The van der Waals surface area contributed by atoms with E-state index in [4.69, 9.17) is 0 Å². The Kier molecular flexibility index (Phi) is 9.84. The highest BCUT2D eigenvalue weighted by molar-refractivity contribution is 14.0. The van der Waals surface area contributed by atoms with E-state index in [1.807, 2.05) is 6.20 Å². The van der Waals surface area contributed by atoms with E-state index >= 15 is 0 Å². The van der Waals surface area contributed by atoms with Gasteiger partial charge in [0.15, 0.2) is 5.96 Å². The first-order valence-electron chi connectivity index (χ1n) is 8.12. The Morgan fingerprint density at radius 1 is 1.22 bits per heavy atom. The minimum absolute atomic E-state index is 0. The van der Waals surface area contributed by atoms with Gasteiger partial charge in [-0.05, 0) is 30.5 Å². The highest BCUT2D eigenvalue weighted by Gasteiger charge is 2.30. The number of aryl methyl sites for hydroxylation is 1. The number of halogens is 4. The molecule has 1 aromatic heterocycles. The van der Waals surface area contributed by atoms with Gasteiger partial charge in [0.2, 0.25) is 0 Å². The standard InChI is InChI=1S/C17H21F3N4OS.HI/c1-3-14-10-23-15(26-14)11-24-16(21-2)22-9-8-12-4-6-13(7-5-12)25-17(18,19)20;/h4-7,10H,3,8-9,11H2,1-2H3,(H2,21,22,24);1H. The summed E-state index contributed by atoms with van der Waals surface area (Å²) >= 11 is 1.66. The zero-order chi connectivity index (χ0) is 19.0. The first kappa shape index (κ1) is 23.5. The minimum atomic E-state index is -4.67. The first-order chi connectivity index (χ1) is 12.4. The predicted octanol–water partition coefficient (Wildman–Crippen LogP) is 4.13. The van der Waals surface area contributed by atoms with Crippen LogP contribution in [0.15, 0.2) is 35.5 Å². The second kappa shape index (κ2) is 11.3. The van der Waals surface area contributed by atoms with E-state index in [-0.39, 0.29) is 29.7 Å². The van der Waals surface area contributed by atoms with Crippen LogP contribution in [0.2, 0.25) is 0 Å². The van der Waals surface area contributed by atoms with Crippen molar-refractivity contribution in [3.05, 3.63) is 45.9 Å². The van der Waals surface area contributed by atoms with E-state index in [9.17, 15) is 13.2 Å². The van der Waals surface area contributed by atoms with Crippen molar-refractivity contribution in [1.82, 2.24) is 15.6 Å². The monoisotopic (exact) mass is 514 g/mol. The van der Waals surface area contributed by atoms with E-state index < -0.39 is 6.36 Å². The van der Waals surface area contributed by atoms with Crippen molar-refractivity contribution in [1.29, 1.82) is 0 Å². The number of nitrogens with one attached hydrogen (secondary N) is 2. The van der Waals surface area contributed by atoms with Crippen LogP contribution in [0.25, 0.3) is 0 Å². The second-order valence-corrected chi connectivity index (χ2v) is 6.57. The smallest absolute Gasteiger partial charge is 0.406 e. The molecule has 150 valence electrons. The van der Waals surface area contributed by atoms with Gasteiger partial charge in [0.25, 0.3) is 0 Å².